The molecule has 1 aromatic carbocycles. The van der Waals surface area contributed by atoms with Crippen LogP contribution < -0.4 is 14.8 Å². The normalized spacial score (nSPS) is 27.3. The minimum atomic E-state index is 0.347. The number of nitrogens with one attached hydrogen (secondary N) is 1. The fourth-order valence-corrected chi connectivity index (χ4v) is 3.16. The Labute approximate surface area is 115 Å². The third-order valence-corrected chi connectivity index (χ3v) is 4.47. The first-order valence-corrected chi connectivity index (χ1v) is 7.39. The molecule has 2 aliphatic rings. The van der Waals surface area contributed by atoms with Gasteiger partial charge in [0.2, 0.25) is 6.79 Å². The van der Waals surface area contributed by atoms with Gasteiger partial charge in [0.15, 0.2) is 11.5 Å². The summed E-state index contributed by atoms with van der Waals surface area (Å²) in [4.78, 5) is 0. The molecule has 3 atom stereocenters. The topological polar surface area (TPSA) is 30.5 Å². The summed E-state index contributed by atoms with van der Waals surface area (Å²) in [6, 6.07) is 7.26. The van der Waals surface area contributed by atoms with Crippen LogP contribution in [-0.4, -0.2) is 12.8 Å². The maximum Gasteiger partial charge on any atom is 0.231 e. The van der Waals surface area contributed by atoms with E-state index in [9.17, 15) is 0 Å². The first-order chi connectivity index (χ1) is 9.24. The SMILES string of the molecule is CC(NC1CCCCC1C)c1ccc2c(c1)OCO2. The van der Waals surface area contributed by atoms with Crippen LogP contribution >= 0.6 is 0 Å². The number of hydrogen-bond acceptors (Lipinski definition) is 3. The Morgan fingerprint density at radius 3 is 2.79 bits per heavy atom. The highest BCUT2D eigenvalue weighted by Crippen LogP contribution is 2.34. The first-order valence-electron chi connectivity index (χ1n) is 7.39. The van der Waals surface area contributed by atoms with Crippen molar-refractivity contribution in [2.45, 2.75) is 51.6 Å². The van der Waals surface area contributed by atoms with Crippen molar-refractivity contribution in [1.82, 2.24) is 5.32 Å². The van der Waals surface area contributed by atoms with Gasteiger partial charge < -0.3 is 14.8 Å². The Hall–Kier alpha value is -1.22. The maximum absolute atomic E-state index is 5.45. The maximum atomic E-state index is 5.45. The van der Waals surface area contributed by atoms with Crippen LogP contribution in [0.5, 0.6) is 11.5 Å². The fraction of sp³-hybridized carbons (Fsp3) is 0.625. The van der Waals surface area contributed by atoms with Crippen molar-refractivity contribution >= 4 is 0 Å². The van der Waals surface area contributed by atoms with Crippen molar-refractivity contribution in [3.63, 3.8) is 0 Å². The number of rotatable bonds is 3. The van der Waals surface area contributed by atoms with Gasteiger partial charge in [0.1, 0.15) is 0 Å². The van der Waals surface area contributed by atoms with Crippen molar-refractivity contribution in [3.8, 4) is 11.5 Å². The summed E-state index contributed by atoms with van der Waals surface area (Å²) in [5, 5.41) is 3.78. The molecule has 0 bridgehead atoms. The van der Waals surface area contributed by atoms with Gasteiger partial charge in [-0.05, 0) is 43.4 Å². The number of hydrogen-bond donors (Lipinski definition) is 1. The number of ether oxygens (including phenoxy) is 2. The lowest BCUT2D eigenvalue weighted by atomic mass is 9.85. The number of fused-ring (bicyclic) bond motifs is 1. The highest BCUT2D eigenvalue weighted by Gasteiger charge is 2.23. The summed E-state index contributed by atoms with van der Waals surface area (Å²) in [6.45, 7) is 4.95. The van der Waals surface area contributed by atoms with Gasteiger partial charge >= 0.3 is 0 Å². The molecule has 0 saturated heterocycles. The molecule has 0 amide bonds. The molecule has 0 spiro atoms. The summed E-state index contributed by atoms with van der Waals surface area (Å²) in [6.07, 6.45) is 5.40. The second-order valence-electron chi connectivity index (χ2n) is 5.87. The molecule has 104 valence electrons. The standard InChI is InChI=1S/C16H23NO2/c1-11-5-3-4-6-14(11)17-12(2)13-7-8-15-16(9-13)19-10-18-15/h7-9,11-12,14,17H,3-6,10H2,1-2H3. The van der Waals surface area contributed by atoms with E-state index in [-0.39, 0.29) is 0 Å². The van der Waals surface area contributed by atoms with Crippen molar-refractivity contribution in [2.75, 3.05) is 6.79 Å². The van der Waals surface area contributed by atoms with Crippen LogP contribution in [0.2, 0.25) is 0 Å². The monoisotopic (exact) mass is 261 g/mol. The Kier molecular flexibility index (Phi) is 3.65. The zero-order valence-corrected chi connectivity index (χ0v) is 11.8. The third-order valence-electron chi connectivity index (χ3n) is 4.47. The molecular weight excluding hydrogens is 238 g/mol. The summed E-state index contributed by atoms with van der Waals surface area (Å²) in [5.41, 5.74) is 1.28. The second kappa shape index (κ2) is 5.41. The first kappa shape index (κ1) is 12.8. The molecule has 1 aromatic rings. The van der Waals surface area contributed by atoms with Crippen LogP contribution in [0.3, 0.4) is 0 Å². The molecule has 1 aliphatic heterocycles. The van der Waals surface area contributed by atoms with Crippen LogP contribution in [0.4, 0.5) is 0 Å². The lowest BCUT2D eigenvalue weighted by Crippen LogP contribution is -2.38. The Bertz CT molecular complexity index is 446. The van der Waals surface area contributed by atoms with Gasteiger partial charge in [0, 0.05) is 12.1 Å². The molecule has 3 heteroatoms. The van der Waals surface area contributed by atoms with Gasteiger partial charge in [-0.1, -0.05) is 25.8 Å². The van der Waals surface area contributed by atoms with Crippen molar-refractivity contribution < 1.29 is 9.47 Å². The van der Waals surface area contributed by atoms with Gasteiger partial charge in [-0.25, -0.2) is 0 Å². The van der Waals surface area contributed by atoms with E-state index in [4.69, 9.17) is 9.47 Å². The molecule has 0 radical (unpaired) electrons. The van der Waals surface area contributed by atoms with Gasteiger partial charge in [-0.3, -0.25) is 0 Å². The molecule has 3 rings (SSSR count). The van der Waals surface area contributed by atoms with Crippen LogP contribution in [0.15, 0.2) is 18.2 Å². The molecule has 1 heterocycles. The molecule has 0 aromatic heterocycles. The van der Waals surface area contributed by atoms with Crippen molar-refractivity contribution in [1.29, 1.82) is 0 Å². The van der Waals surface area contributed by atoms with Crippen LogP contribution in [0.25, 0.3) is 0 Å². The molecule has 1 N–H and O–H groups in total. The molecule has 1 aliphatic carbocycles. The van der Waals surface area contributed by atoms with Gasteiger partial charge in [0.05, 0.1) is 0 Å². The fourth-order valence-electron chi connectivity index (χ4n) is 3.16. The minimum absolute atomic E-state index is 0.347. The number of benzene rings is 1. The van der Waals surface area contributed by atoms with E-state index in [0.717, 1.165) is 17.4 Å². The van der Waals surface area contributed by atoms with E-state index < -0.39 is 0 Å². The Morgan fingerprint density at radius 2 is 1.95 bits per heavy atom. The molecule has 1 fully saturated rings. The van der Waals surface area contributed by atoms with E-state index in [0.29, 0.717) is 18.9 Å². The van der Waals surface area contributed by atoms with Crippen molar-refractivity contribution in [3.05, 3.63) is 23.8 Å². The predicted octanol–water partition coefficient (Wildman–Crippen LogP) is 3.64. The van der Waals surface area contributed by atoms with Crippen LogP contribution in [0.1, 0.15) is 51.1 Å². The summed E-state index contributed by atoms with van der Waals surface area (Å²) in [7, 11) is 0. The summed E-state index contributed by atoms with van der Waals surface area (Å²) in [5.74, 6) is 2.52. The van der Waals surface area contributed by atoms with E-state index >= 15 is 0 Å². The van der Waals surface area contributed by atoms with Crippen LogP contribution in [-0.2, 0) is 0 Å². The summed E-state index contributed by atoms with van der Waals surface area (Å²) >= 11 is 0. The summed E-state index contributed by atoms with van der Waals surface area (Å²) < 4.78 is 10.8. The molecular formula is C16H23NO2. The predicted molar refractivity (Wildman–Crippen MR) is 75.5 cm³/mol. The Balaban J connectivity index is 1.68. The lowest BCUT2D eigenvalue weighted by molar-refractivity contribution is 0.174. The zero-order valence-electron chi connectivity index (χ0n) is 11.8. The van der Waals surface area contributed by atoms with Crippen LogP contribution in [0, 0.1) is 5.92 Å². The quantitative estimate of drug-likeness (QED) is 0.901. The molecule has 3 nitrogen and oxygen atoms in total. The highest BCUT2D eigenvalue weighted by atomic mass is 16.7. The van der Waals surface area contributed by atoms with Gasteiger partial charge in [-0.2, -0.15) is 0 Å². The Morgan fingerprint density at radius 1 is 1.16 bits per heavy atom. The molecule has 3 unspecified atom stereocenters. The van der Waals surface area contributed by atoms with E-state index in [1.807, 2.05) is 6.07 Å². The lowest BCUT2D eigenvalue weighted by Gasteiger charge is -2.32. The van der Waals surface area contributed by atoms with Gasteiger partial charge in [0.25, 0.3) is 0 Å². The van der Waals surface area contributed by atoms with E-state index in [1.54, 1.807) is 0 Å². The highest BCUT2D eigenvalue weighted by molar-refractivity contribution is 5.45. The van der Waals surface area contributed by atoms with E-state index in [2.05, 4.69) is 31.3 Å². The zero-order chi connectivity index (χ0) is 13.2. The minimum Gasteiger partial charge on any atom is -0.454 e. The van der Waals surface area contributed by atoms with Gasteiger partial charge in [-0.15, -0.1) is 0 Å². The molecule has 19 heavy (non-hydrogen) atoms. The third kappa shape index (κ3) is 2.71. The second-order valence-corrected chi connectivity index (χ2v) is 5.87. The average Bonchev–Trinajstić information content (AvgIpc) is 2.88. The average molecular weight is 261 g/mol. The smallest absolute Gasteiger partial charge is 0.231 e. The largest absolute Gasteiger partial charge is 0.454 e. The van der Waals surface area contributed by atoms with E-state index in [1.165, 1.54) is 31.2 Å². The molecule has 1 saturated carbocycles. The van der Waals surface area contributed by atoms with Crippen molar-refractivity contribution in [2.24, 2.45) is 5.92 Å².